The number of benzene rings is 1. The third kappa shape index (κ3) is 4.22. The summed E-state index contributed by atoms with van der Waals surface area (Å²) in [5.41, 5.74) is 0.627. The van der Waals surface area contributed by atoms with E-state index in [1.165, 1.54) is 31.1 Å². The van der Waals surface area contributed by atoms with Crippen molar-refractivity contribution in [3.05, 3.63) is 29.6 Å². The first-order valence-corrected chi connectivity index (χ1v) is 6.19. The molecule has 0 aromatic heterocycles. The van der Waals surface area contributed by atoms with Crippen molar-refractivity contribution >= 4 is 11.8 Å². The summed E-state index contributed by atoms with van der Waals surface area (Å²) in [5, 5.41) is 2.71. The van der Waals surface area contributed by atoms with Gasteiger partial charge in [-0.1, -0.05) is 6.07 Å². The van der Waals surface area contributed by atoms with E-state index in [0.29, 0.717) is 5.56 Å². The van der Waals surface area contributed by atoms with E-state index < -0.39 is 5.82 Å². The zero-order chi connectivity index (χ0) is 15.3. The molecule has 0 aliphatic heterocycles. The van der Waals surface area contributed by atoms with E-state index in [2.05, 4.69) is 5.32 Å². The second kappa shape index (κ2) is 6.88. The number of methoxy groups -OCH3 is 1. The second-order valence-corrected chi connectivity index (χ2v) is 4.56. The molecule has 0 aliphatic rings. The van der Waals surface area contributed by atoms with Crippen LogP contribution in [0.3, 0.4) is 0 Å². The molecule has 20 heavy (non-hydrogen) atoms. The molecule has 0 spiro atoms. The van der Waals surface area contributed by atoms with Crippen LogP contribution < -0.4 is 10.1 Å². The van der Waals surface area contributed by atoms with E-state index in [-0.39, 0.29) is 30.2 Å². The molecule has 1 aromatic carbocycles. The van der Waals surface area contributed by atoms with Gasteiger partial charge in [0.2, 0.25) is 11.8 Å². The number of amides is 2. The van der Waals surface area contributed by atoms with Gasteiger partial charge in [0.25, 0.3) is 0 Å². The highest BCUT2D eigenvalue weighted by atomic mass is 19.1. The number of carbonyl (C=O) groups is 2. The standard InChI is InChI=1S/C14H19FN2O3/c1-9(16-14(19)8-17(3)10(2)18)11-5-6-13(20-4)12(15)7-11/h5-7,9H,8H2,1-4H3,(H,16,19). The number of rotatable bonds is 5. The van der Waals surface area contributed by atoms with Crippen LogP contribution in [0.15, 0.2) is 18.2 Å². The molecule has 1 unspecified atom stereocenters. The molecule has 1 aromatic rings. The number of likely N-dealkylation sites (N-methyl/N-ethyl adjacent to an activating group) is 1. The van der Waals surface area contributed by atoms with Crippen molar-refractivity contribution in [1.82, 2.24) is 10.2 Å². The molecule has 0 bridgehead atoms. The minimum atomic E-state index is -0.480. The van der Waals surface area contributed by atoms with Crippen LogP contribution in [-0.4, -0.2) is 37.4 Å². The lowest BCUT2D eigenvalue weighted by Gasteiger charge is -2.18. The first-order chi connectivity index (χ1) is 9.35. The van der Waals surface area contributed by atoms with Gasteiger partial charge in [-0.3, -0.25) is 9.59 Å². The first kappa shape index (κ1) is 15.9. The number of carbonyl (C=O) groups excluding carboxylic acids is 2. The summed E-state index contributed by atoms with van der Waals surface area (Å²) in [7, 11) is 2.93. The molecule has 0 radical (unpaired) electrons. The first-order valence-electron chi connectivity index (χ1n) is 6.19. The number of halogens is 1. The van der Waals surface area contributed by atoms with Gasteiger partial charge in [-0.25, -0.2) is 4.39 Å². The Morgan fingerprint density at radius 3 is 2.60 bits per heavy atom. The smallest absolute Gasteiger partial charge is 0.240 e. The Labute approximate surface area is 117 Å². The minimum Gasteiger partial charge on any atom is -0.494 e. The van der Waals surface area contributed by atoms with Gasteiger partial charge in [-0.2, -0.15) is 0 Å². The molecule has 6 heteroatoms. The number of hydrogen-bond donors (Lipinski definition) is 1. The highest BCUT2D eigenvalue weighted by Crippen LogP contribution is 2.21. The molecule has 2 amide bonds. The molecule has 1 atom stereocenters. The van der Waals surface area contributed by atoms with Gasteiger partial charge in [0, 0.05) is 14.0 Å². The highest BCUT2D eigenvalue weighted by Gasteiger charge is 2.14. The van der Waals surface area contributed by atoms with E-state index in [9.17, 15) is 14.0 Å². The lowest BCUT2D eigenvalue weighted by Crippen LogP contribution is -2.38. The lowest BCUT2D eigenvalue weighted by molar-refractivity contribution is -0.133. The van der Waals surface area contributed by atoms with Gasteiger partial charge >= 0.3 is 0 Å². The second-order valence-electron chi connectivity index (χ2n) is 4.56. The zero-order valence-electron chi connectivity index (χ0n) is 12.1. The number of ether oxygens (including phenoxy) is 1. The fourth-order valence-electron chi connectivity index (χ4n) is 1.65. The molecule has 0 heterocycles. The molecular formula is C14H19FN2O3. The maximum absolute atomic E-state index is 13.6. The van der Waals surface area contributed by atoms with Gasteiger partial charge in [-0.05, 0) is 24.6 Å². The third-order valence-electron chi connectivity index (χ3n) is 2.97. The third-order valence-corrected chi connectivity index (χ3v) is 2.97. The van der Waals surface area contributed by atoms with Gasteiger partial charge in [-0.15, -0.1) is 0 Å². The Bertz CT molecular complexity index is 505. The summed E-state index contributed by atoms with van der Waals surface area (Å²) < 4.78 is 18.4. The summed E-state index contributed by atoms with van der Waals surface area (Å²) in [5.74, 6) is -0.815. The zero-order valence-corrected chi connectivity index (χ0v) is 12.1. The Balaban J connectivity index is 2.66. The fraction of sp³-hybridized carbons (Fsp3) is 0.429. The molecule has 5 nitrogen and oxygen atoms in total. The SMILES string of the molecule is COc1ccc(C(C)NC(=O)CN(C)C(C)=O)cc1F. The molecule has 0 saturated heterocycles. The van der Waals surface area contributed by atoms with E-state index in [0.717, 1.165) is 0 Å². The van der Waals surface area contributed by atoms with Crippen LogP contribution in [0.5, 0.6) is 5.75 Å². The van der Waals surface area contributed by atoms with Gasteiger partial charge in [0.1, 0.15) is 0 Å². The molecule has 0 fully saturated rings. The summed E-state index contributed by atoms with van der Waals surface area (Å²) in [4.78, 5) is 24.1. The predicted octanol–water partition coefficient (Wildman–Crippen LogP) is 1.49. The minimum absolute atomic E-state index is 0.0295. The predicted molar refractivity (Wildman–Crippen MR) is 72.8 cm³/mol. The van der Waals surface area contributed by atoms with Crippen LogP contribution in [-0.2, 0) is 9.59 Å². The highest BCUT2D eigenvalue weighted by molar-refractivity contribution is 5.83. The number of hydrogen-bond acceptors (Lipinski definition) is 3. The molecule has 0 aliphatic carbocycles. The van der Waals surface area contributed by atoms with Crippen LogP contribution in [0.1, 0.15) is 25.5 Å². The van der Waals surface area contributed by atoms with Crippen LogP contribution in [0.4, 0.5) is 4.39 Å². The van der Waals surface area contributed by atoms with Crippen molar-refractivity contribution in [2.45, 2.75) is 19.9 Å². The van der Waals surface area contributed by atoms with Crippen LogP contribution in [0.2, 0.25) is 0 Å². The molecule has 1 N–H and O–H groups in total. The van der Waals surface area contributed by atoms with Crippen molar-refractivity contribution in [3.8, 4) is 5.75 Å². The van der Waals surface area contributed by atoms with E-state index >= 15 is 0 Å². The van der Waals surface area contributed by atoms with Crippen molar-refractivity contribution in [2.75, 3.05) is 20.7 Å². The Hall–Kier alpha value is -2.11. The maximum Gasteiger partial charge on any atom is 0.240 e. The molecule has 1 rings (SSSR count). The Morgan fingerprint density at radius 1 is 1.45 bits per heavy atom. The van der Waals surface area contributed by atoms with Crippen LogP contribution in [0.25, 0.3) is 0 Å². The van der Waals surface area contributed by atoms with Gasteiger partial charge < -0.3 is 15.0 Å². The van der Waals surface area contributed by atoms with E-state index in [1.807, 2.05) is 0 Å². The number of nitrogens with one attached hydrogen (secondary N) is 1. The summed E-state index contributed by atoms with van der Waals surface area (Å²) in [6.45, 7) is 3.10. The lowest BCUT2D eigenvalue weighted by atomic mass is 10.1. The van der Waals surface area contributed by atoms with Crippen LogP contribution in [0, 0.1) is 5.82 Å². The topological polar surface area (TPSA) is 58.6 Å². The number of nitrogens with zero attached hydrogens (tertiary/aromatic N) is 1. The monoisotopic (exact) mass is 282 g/mol. The molecule has 0 saturated carbocycles. The van der Waals surface area contributed by atoms with Crippen molar-refractivity contribution < 1.29 is 18.7 Å². The Morgan fingerprint density at radius 2 is 2.10 bits per heavy atom. The average molecular weight is 282 g/mol. The average Bonchev–Trinajstić information content (AvgIpc) is 2.38. The Kier molecular flexibility index (Phi) is 5.49. The maximum atomic E-state index is 13.6. The van der Waals surface area contributed by atoms with Gasteiger partial charge in [0.05, 0.1) is 19.7 Å². The summed E-state index contributed by atoms with van der Waals surface area (Å²) >= 11 is 0. The normalized spacial score (nSPS) is 11.7. The van der Waals surface area contributed by atoms with Crippen molar-refractivity contribution in [1.29, 1.82) is 0 Å². The van der Waals surface area contributed by atoms with Gasteiger partial charge in [0.15, 0.2) is 11.6 Å². The van der Waals surface area contributed by atoms with E-state index in [4.69, 9.17) is 4.74 Å². The molecule has 110 valence electrons. The summed E-state index contributed by atoms with van der Waals surface area (Å²) in [6.07, 6.45) is 0. The van der Waals surface area contributed by atoms with E-state index in [1.54, 1.807) is 20.0 Å². The summed E-state index contributed by atoms with van der Waals surface area (Å²) in [6, 6.07) is 4.15. The van der Waals surface area contributed by atoms with Crippen LogP contribution >= 0.6 is 0 Å². The van der Waals surface area contributed by atoms with Crippen molar-refractivity contribution in [2.24, 2.45) is 0 Å². The molecular weight excluding hydrogens is 263 g/mol. The quantitative estimate of drug-likeness (QED) is 0.890. The van der Waals surface area contributed by atoms with Crippen molar-refractivity contribution in [3.63, 3.8) is 0 Å². The largest absolute Gasteiger partial charge is 0.494 e. The fourth-order valence-corrected chi connectivity index (χ4v) is 1.65.